The van der Waals surface area contributed by atoms with Crippen LogP contribution in [-0.4, -0.2) is 22.2 Å². The molecular weight excluding hydrogens is 404 g/mol. The van der Waals surface area contributed by atoms with E-state index in [0.29, 0.717) is 5.92 Å². The van der Waals surface area contributed by atoms with Gasteiger partial charge in [-0.2, -0.15) is 0 Å². The largest absolute Gasteiger partial charge is 0.370 e. The van der Waals surface area contributed by atoms with E-state index in [0.717, 1.165) is 46.5 Å². The molecule has 1 aliphatic carbocycles. The van der Waals surface area contributed by atoms with E-state index in [2.05, 4.69) is 79.2 Å². The molecule has 4 rings (SSSR count). The van der Waals surface area contributed by atoms with Crippen molar-refractivity contribution in [3.05, 3.63) is 71.5 Å². The molecule has 0 spiro atoms. The third-order valence-electron chi connectivity index (χ3n) is 5.96. The average molecular weight is 439 g/mol. The molecule has 0 bridgehead atoms. The molecule has 1 aromatic carbocycles. The fourth-order valence-electron chi connectivity index (χ4n) is 3.80. The molecule has 1 atom stereocenters. The van der Waals surface area contributed by atoms with Crippen molar-refractivity contribution in [1.82, 2.24) is 9.97 Å². The van der Waals surface area contributed by atoms with Crippen molar-refractivity contribution in [3.8, 4) is 24.1 Å². The third kappa shape index (κ3) is 7.02. The fourth-order valence-corrected chi connectivity index (χ4v) is 3.80. The molecule has 1 fully saturated rings. The Morgan fingerprint density at radius 2 is 1.85 bits per heavy atom. The minimum Gasteiger partial charge on any atom is -0.370 e. The second kappa shape index (κ2) is 11.4. The van der Waals surface area contributed by atoms with Crippen molar-refractivity contribution < 1.29 is 0 Å². The van der Waals surface area contributed by atoms with Gasteiger partial charge in [0.15, 0.2) is 0 Å². The number of hydrogen-bond acceptors (Lipinski definition) is 4. The quantitative estimate of drug-likeness (QED) is 0.304. The minimum atomic E-state index is 0.691. The second-order valence-corrected chi connectivity index (χ2v) is 9.02. The summed E-state index contributed by atoms with van der Waals surface area (Å²) in [7, 11) is 0. The number of aromatic nitrogens is 2. The highest BCUT2D eigenvalue weighted by molar-refractivity contribution is 6.00. The molecule has 170 valence electrons. The van der Waals surface area contributed by atoms with Crippen molar-refractivity contribution in [1.29, 1.82) is 0 Å². The molecule has 1 saturated carbocycles. The van der Waals surface area contributed by atoms with E-state index in [1.165, 1.54) is 30.4 Å². The second-order valence-electron chi connectivity index (χ2n) is 9.02. The van der Waals surface area contributed by atoms with E-state index >= 15 is 0 Å². The van der Waals surface area contributed by atoms with Gasteiger partial charge in [0.25, 0.3) is 0 Å². The van der Waals surface area contributed by atoms with Crippen molar-refractivity contribution in [2.45, 2.75) is 47.0 Å². The van der Waals surface area contributed by atoms with E-state index in [4.69, 9.17) is 4.99 Å². The Labute approximate surface area is 198 Å². The Morgan fingerprint density at radius 1 is 1.06 bits per heavy atom. The van der Waals surface area contributed by atoms with Gasteiger partial charge in [0.1, 0.15) is 5.82 Å². The van der Waals surface area contributed by atoms with Crippen LogP contribution in [0.3, 0.4) is 0 Å². The lowest BCUT2D eigenvalue weighted by Crippen LogP contribution is -2.12. The van der Waals surface area contributed by atoms with Crippen LogP contribution in [0.1, 0.15) is 49.8 Å². The van der Waals surface area contributed by atoms with Gasteiger partial charge in [-0.1, -0.05) is 31.9 Å². The van der Waals surface area contributed by atoms with Gasteiger partial charge in [0, 0.05) is 35.8 Å². The Hall–Kier alpha value is -3.45. The van der Waals surface area contributed by atoms with E-state index in [1.54, 1.807) is 0 Å². The van der Waals surface area contributed by atoms with Gasteiger partial charge < -0.3 is 5.32 Å². The van der Waals surface area contributed by atoms with Crippen molar-refractivity contribution in [2.24, 2.45) is 16.8 Å². The molecule has 2 aromatic heterocycles. The van der Waals surface area contributed by atoms with E-state index in [-0.39, 0.29) is 0 Å². The van der Waals surface area contributed by atoms with Gasteiger partial charge in [-0.25, -0.2) is 4.98 Å². The van der Waals surface area contributed by atoms with Crippen molar-refractivity contribution >= 4 is 17.2 Å². The van der Waals surface area contributed by atoms with Crippen molar-refractivity contribution in [3.63, 3.8) is 0 Å². The molecule has 1 N–H and O–H groups in total. The number of nitrogens with one attached hydrogen (secondary N) is 1. The molecular formula is C29H34N4. The van der Waals surface area contributed by atoms with Crippen LogP contribution in [0, 0.1) is 38.5 Å². The zero-order valence-corrected chi connectivity index (χ0v) is 20.2. The lowest BCUT2D eigenvalue weighted by molar-refractivity contribution is 0.519. The highest BCUT2D eigenvalue weighted by Crippen LogP contribution is 2.35. The van der Waals surface area contributed by atoms with E-state index in [1.807, 2.05) is 31.5 Å². The molecule has 0 saturated heterocycles. The number of terminal acetylenes is 1. The number of hydrogen-bond donors (Lipinski definition) is 1. The summed E-state index contributed by atoms with van der Waals surface area (Å²) >= 11 is 0. The number of aryl methyl sites for hydroxylation is 2. The summed E-state index contributed by atoms with van der Waals surface area (Å²) in [5, 5.41) is 3.46. The van der Waals surface area contributed by atoms with Crippen LogP contribution < -0.4 is 5.32 Å². The van der Waals surface area contributed by atoms with Gasteiger partial charge >= 0.3 is 0 Å². The molecule has 4 nitrogen and oxygen atoms in total. The first-order valence-electron chi connectivity index (χ1n) is 11.6. The Kier molecular flexibility index (Phi) is 8.38. The summed E-state index contributed by atoms with van der Waals surface area (Å²) in [4.78, 5) is 14.0. The Morgan fingerprint density at radius 3 is 2.48 bits per heavy atom. The third-order valence-corrected chi connectivity index (χ3v) is 5.96. The summed E-state index contributed by atoms with van der Waals surface area (Å²) in [6, 6.07) is 14.6. The van der Waals surface area contributed by atoms with Crippen LogP contribution in [0.4, 0.5) is 11.5 Å². The Bertz CT molecular complexity index is 1090. The van der Waals surface area contributed by atoms with Gasteiger partial charge in [-0.3, -0.25) is 9.98 Å². The lowest BCUT2D eigenvalue weighted by atomic mass is 10.0. The summed E-state index contributed by atoms with van der Waals surface area (Å²) in [5.74, 6) is 2.59. The zero-order valence-electron chi connectivity index (χ0n) is 20.2. The normalized spacial score (nSPS) is 14.2. The summed E-state index contributed by atoms with van der Waals surface area (Å²) < 4.78 is 0. The van der Waals surface area contributed by atoms with Crippen LogP contribution in [0.2, 0.25) is 0 Å². The smallest absolute Gasteiger partial charge is 0.125 e. The first-order chi connectivity index (χ1) is 16.0. The summed E-state index contributed by atoms with van der Waals surface area (Å²) in [5.41, 5.74) is 7.34. The molecule has 33 heavy (non-hydrogen) atoms. The van der Waals surface area contributed by atoms with Crippen LogP contribution in [0.15, 0.2) is 59.9 Å². The molecule has 0 aliphatic heterocycles. The van der Waals surface area contributed by atoms with Gasteiger partial charge in [0.2, 0.25) is 0 Å². The van der Waals surface area contributed by atoms with Crippen LogP contribution >= 0.6 is 0 Å². The summed E-state index contributed by atoms with van der Waals surface area (Å²) in [6.45, 7) is 9.51. The molecule has 0 radical (unpaired) electrons. The van der Waals surface area contributed by atoms with Gasteiger partial charge in [0.05, 0.1) is 11.4 Å². The van der Waals surface area contributed by atoms with Gasteiger partial charge in [-0.15, -0.1) is 12.8 Å². The maximum absolute atomic E-state index is 4.82. The monoisotopic (exact) mass is 438 g/mol. The minimum absolute atomic E-state index is 0.691. The molecule has 4 heteroatoms. The first kappa shape index (κ1) is 24.2. The first-order valence-corrected chi connectivity index (χ1v) is 11.6. The highest BCUT2D eigenvalue weighted by Gasteiger charge is 2.23. The predicted octanol–water partition coefficient (Wildman–Crippen LogP) is 7.00. The SMILES string of the molecule is C#C.CC(=Nc1cc(C)ccc1C)c1ccc(-c2ccc(NCC(C)CC3CC3)nc2)nc1. The number of benzene rings is 1. The highest BCUT2D eigenvalue weighted by atomic mass is 15.0. The maximum Gasteiger partial charge on any atom is 0.125 e. The fraction of sp³-hybridized carbons (Fsp3) is 0.345. The van der Waals surface area contributed by atoms with Crippen LogP contribution in [0.25, 0.3) is 11.3 Å². The van der Waals surface area contributed by atoms with Crippen molar-refractivity contribution in [2.75, 3.05) is 11.9 Å². The molecule has 1 aliphatic rings. The molecule has 0 amide bonds. The number of rotatable bonds is 8. The number of nitrogens with zero attached hydrogens (tertiary/aromatic N) is 3. The predicted molar refractivity (Wildman–Crippen MR) is 140 cm³/mol. The number of pyridine rings is 2. The molecule has 3 aromatic rings. The maximum atomic E-state index is 4.82. The number of anilines is 1. The molecule has 2 heterocycles. The topological polar surface area (TPSA) is 50.2 Å². The van der Waals surface area contributed by atoms with Crippen LogP contribution in [0.5, 0.6) is 0 Å². The standard InChI is InChI=1S/C27H32N4.C2H2/c1-18-5-6-20(3)26(14-18)31-21(4)23-9-11-25(28-16-23)24-10-12-27(30-17-24)29-15-19(2)13-22-7-8-22;1-2/h5-6,9-12,14,16-17,19,22H,7-8,13,15H2,1-4H3,(H,29,30);1-2H. The van der Waals surface area contributed by atoms with Gasteiger partial charge in [-0.05, 0) is 80.5 Å². The summed E-state index contributed by atoms with van der Waals surface area (Å²) in [6.07, 6.45) is 15.9. The lowest BCUT2D eigenvalue weighted by Gasteiger charge is -2.12. The van der Waals surface area contributed by atoms with Crippen LogP contribution in [-0.2, 0) is 0 Å². The number of aliphatic imine (C=N–C) groups is 1. The van der Waals surface area contributed by atoms with E-state index in [9.17, 15) is 0 Å². The van der Waals surface area contributed by atoms with E-state index < -0.39 is 0 Å². The average Bonchev–Trinajstić information content (AvgIpc) is 3.66. The zero-order chi connectivity index (χ0) is 23.8. The Balaban J connectivity index is 0.00000149. The molecule has 1 unspecified atom stereocenters.